The number of hydrogen-bond donors (Lipinski definition) is 1. The summed E-state index contributed by atoms with van der Waals surface area (Å²) in [7, 11) is 0. The van der Waals surface area contributed by atoms with Crippen LogP contribution in [0.3, 0.4) is 0 Å². The Morgan fingerprint density at radius 2 is 1.96 bits per heavy atom. The second kappa shape index (κ2) is 6.56. The van der Waals surface area contributed by atoms with Gasteiger partial charge in [0.1, 0.15) is 17.0 Å². The van der Waals surface area contributed by atoms with E-state index in [1.54, 1.807) is 28.8 Å². The molecule has 0 bridgehead atoms. The number of carboxylic acids is 1. The topological polar surface area (TPSA) is 92.5 Å². The van der Waals surface area contributed by atoms with E-state index in [-0.39, 0.29) is 10.9 Å². The predicted octanol–water partition coefficient (Wildman–Crippen LogP) is 2.41. The highest BCUT2D eigenvalue weighted by molar-refractivity contribution is 5.93. The number of rotatable bonds is 5. The van der Waals surface area contributed by atoms with Crippen LogP contribution in [-0.4, -0.2) is 27.0 Å². The van der Waals surface area contributed by atoms with Gasteiger partial charge in [0.05, 0.1) is 11.1 Å². The summed E-state index contributed by atoms with van der Waals surface area (Å²) in [4.78, 5) is 40.9. The van der Waals surface area contributed by atoms with Gasteiger partial charge in [-0.15, -0.1) is 0 Å². The van der Waals surface area contributed by atoms with Gasteiger partial charge in [0.25, 0.3) is 0 Å². The fraction of sp³-hybridized carbons (Fsp3) is 0.111. The normalized spacial score (nSPS) is 10.6. The molecule has 2 heterocycles. The van der Waals surface area contributed by atoms with Gasteiger partial charge in [-0.2, -0.15) is 0 Å². The van der Waals surface area contributed by atoms with Gasteiger partial charge in [0.2, 0.25) is 11.8 Å². The lowest BCUT2D eigenvalue weighted by molar-refractivity contribution is -0.106. The Bertz CT molecular complexity index is 1010. The minimum absolute atomic E-state index is 0.199. The first-order chi connectivity index (χ1) is 12.1. The number of hydrogen-bond acceptors (Lipinski definition) is 4. The average molecular weight is 337 g/mol. The van der Waals surface area contributed by atoms with Crippen molar-refractivity contribution in [1.29, 1.82) is 0 Å². The van der Waals surface area contributed by atoms with E-state index < -0.39 is 11.4 Å². The number of carbonyl (C=O) groups is 2. The van der Waals surface area contributed by atoms with E-state index in [4.69, 9.17) is 0 Å². The highest BCUT2D eigenvalue weighted by atomic mass is 16.4. The van der Waals surface area contributed by atoms with Crippen LogP contribution in [-0.2, 0) is 11.3 Å². The van der Waals surface area contributed by atoms with Crippen molar-refractivity contribution in [2.75, 3.05) is 4.90 Å². The van der Waals surface area contributed by atoms with Crippen LogP contribution in [0.5, 0.6) is 0 Å². The Hall–Kier alpha value is -3.48. The van der Waals surface area contributed by atoms with E-state index >= 15 is 0 Å². The lowest BCUT2D eigenvalue weighted by Crippen LogP contribution is -2.21. The Kier molecular flexibility index (Phi) is 4.30. The molecule has 7 heteroatoms. The van der Waals surface area contributed by atoms with Gasteiger partial charge in [0.15, 0.2) is 0 Å². The van der Waals surface area contributed by atoms with E-state index in [2.05, 4.69) is 4.98 Å². The van der Waals surface area contributed by atoms with Crippen LogP contribution in [0.2, 0.25) is 0 Å². The number of carboxylic acid groups (broad SMARTS) is 1. The zero-order chi connectivity index (χ0) is 18.0. The standard InChI is InChI=1S/C18H15N3O4/c1-2-20-10-14(18(24)25)16(23)13-8-9-15(19-17(13)20)21(11-22)12-6-4-3-5-7-12/h3-11H,2H2,1H3,(H,24,25). The summed E-state index contributed by atoms with van der Waals surface area (Å²) < 4.78 is 1.58. The fourth-order valence-corrected chi connectivity index (χ4v) is 2.62. The van der Waals surface area contributed by atoms with Crippen molar-refractivity contribution < 1.29 is 14.7 Å². The number of aromatic nitrogens is 2. The van der Waals surface area contributed by atoms with Gasteiger partial charge < -0.3 is 9.67 Å². The second-order valence-corrected chi connectivity index (χ2v) is 5.31. The number of anilines is 2. The average Bonchev–Trinajstić information content (AvgIpc) is 2.63. The van der Waals surface area contributed by atoms with Crippen LogP contribution in [0.25, 0.3) is 11.0 Å². The highest BCUT2D eigenvalue weighted by Gasteiger charge is 2.17. The number of aromatic carboxylic acids is 1. The van der Waals surface area contributed by atoms with Crippen LogP contribution in [0.1, 0.15) is 17.3 Å². The molecule has 0 spiro atoms. The molecule has 0 unspecified atom stereocenters. The van der Waals surface area contributed by atoms with E-state index in [0.29, 0.717) is 30.1 Å². The minimum atomic E-state index is -1.28. The van der Waals surface area contributed by atoms with E-state index in [9.17, 15) is 19.5 Å². The molecule has 0 aliphatic heterocycles. The maximum absolute atomic E-state index is 12.3. The first kappa shape index (κ1) is 16.4. The number of benzene rings is 1. The van der Waals surface area contributed by atoms with E-state index in [1.807, 2.05) is 13.0 Å². The molecule has 0 aliphatic rings. The Balaban J connectivity index is 2.23. The predicted molar refractivity (Wildman–Crippen MR) is 93.3 cm³/mol. The number of fused-ring (bicyclic) bond motifs is 1. The Morgan fingerprint density at radius 1 is 1.24 bits per heavy atom. The van der Waals surface area contributed by atoms with Gasteiger partial charge in [-0.3, -0.25) is 14.5 Å². The monoisotopic (exact) mass is 337 g/mol. The van der Waals surface area contributed by atoms with Gasteiger partial charge >= 0.3 is 5.97 Å². The minimum Gasteiger partial charge on any atom is -0.477 e. The number of para-hydroxylation sites is 1. The first-order valence-corrected chi connectivity index (χ1v) is 7.64. The highest BCUT2D eigenvalue weighted by Crippen LogP contribution is 2.23. The number of carbonyl (C=O) groups excluding carboxylic acids is 1. The fourth-order valence-electron chi connectivity index (χ4n) is 2.62. The van der Waals surface area contributed by atoms with Crippen LogP contribution in [0, 0.1) is 0 Å². The molecule has 2 aromatic heterocycles. The van der Waals surface area contributed by atoms with Crippen molar-refractivity contribution in [3.8, 4) is 0 Å². The number of nitrogens with zero attached hydrogens (tertiary/aromatic N) is 3. The van der Waals surface area contributed by atoms with E-state index in [1.165, 1.54) is 23.2 Å². The summed E-state index contributed by atoms with van der Waals surface area (Å²) in [6.07, 6.45) is 1.92. The Labute approximate surface area is 142 Å². The molecule has 0 radical (unpaired) electrons. The molecular weight excluding hydrogens is 322 g/mol. The molecule has 3 rings (SSSR count). The molecule has 0 aliphatic carbocycles. The van der Waals surface area contributed by atoms with Crippen LogP contribution >= 0.6 is 0 Å². The van der Waals surface area contributed by atoms with Crippen LogP contribution in [0.15, 0.2) is 53.5 Å². The molecule has 0 fully saturated rings. The molecule has 0 saturated carbocycles. The molecular formula is C18H15N3O4. The summed E-state index contributed by atoms with van der Waals surface area (Å²) >= 11 is 0. The third kappa shape index (κ3) is 2.87. The lowest BCUT2D eigenvalue weighted by Gasteiger charge is -2.18. The van der Waals surface area contributed by atoms with Crippen molar-refractivity contribution in [3.63, 3.8) is 0 Å². The maximum Gasteiger partial charge on any atom is 0.341 e. The molecule has 1 aromatic carbocycles. The van der Waals surface area contributed by atoms with Gasteiger partial charge in [-0.05, 0) is 31.2 Å². The number of pyridine rings is 2. The SMILES string of the molecule is CCn1cc(C(=O)O)c(=O)c2ccc(N(C=O)c3ccccc3)nc21. The summed E-state index contributed by atoms with van der Waals surface area (Å²) in [6.45, 7) is 2.25. The molecule has 7 nitrogen and oxygen atoms in total. The third-order valence-electron chi connectivity index (χ3n) is 3.86. The quantitative estimate of drug-likeness (QED) is 0.722. The zero-order valence-electron chi connectivity index (χ0n) is 13.4. The van der Waals surface area contributed by atoms with E-state index in [0.717, 1.165) is 0 Å². The molecule has 0 saturated heterocycles. The van der Waals surface area contributed by atoms with Crippen LogP contribution in [0.4, 0.5) is 11.5 Å². The molecule has 25 heavy (non-hydrogen) atoms. The maximum atomic E-state index is 12.3. The van der Waals surface area contributed by atoms with Gasteiger partial charge in [-0.25, -0.2) is 9.78 Å². The number of aryl methyl sites for hydroxylation is 1. The number of amides is 1. The van der Waals surface area contributed by atoms with Crippen molar-refractivity contribution in [2.24, 2.45) is 0 Å². The van der Waals surface area contributed by atoms with Crippen molar-refractivity contribution >= 4 is 34.9 Å². The lowest BCUT2D eigenvalue weighted by atomic mass is 10.2. The van der Waals surface area contributed by atoms with Crippen molar-refractivity contribution in [2.45, 2.75) is 13.5 Å². The molecule has 1 N–H and O–H groups in total. The van der Waals surface area contributed by atoms with Crippen molar-refractivity contribution in [1.82, 2.24) is 9.55 Å². The Morgan fingerprint density at radius 3 is 2.56 bits per heavy atom. The summed E-state index contributed by atoms with van der Waals surface area (Å²) in [5, 5.41) is 9.38. The molecule has 0 atom stereocenters. The third-order valence-corrected chi connectivity index (χ3v) is 3.86. The molecule has 126 valence electrons. The summed E-state index contributed by atoms with van der Waals surface area (Å²) in [6, 6.07) is 12.0. The van der Waals surface area contributed by atoms with Gasteiger partial charge in [-0.1, -0.05) is 18.2 Å². The summed E-state index contributed by atoms with van der Waals surface area (Å²) in [5.74, 6) is -0.935. The molecule has 3 aromatic rings. The smallest absolute Gasteiger partial charge is 0.341 e. The van der Waals surface area contributed by atoms with Crippen LogP contribution < -0.4 is 10.3 Å². The first-order valence-electron chi connectivity index (χ1n) is 7.64. The zero-order valence-corrected chi connectivity index (χ0v) is 13.4. The van der Waals surface area contributed by atoms with Crippen molar-refractivity contribution in [3.05, 3.63) is 64.4 Å². The largest absolute Gasteiger partial charge is 0.477 e. The molecule has 1 amide bonds. The van der Waals surface area contributed by atoms with Gasteiger partial charge in [0, 0.05) is 12.7 Å². The summed E-state index contributed by atoms with van der Waals surface area (Å²) in [5.41, 5.74) is 0.0671. The second-order valence-electron chi connectivity index (χ2n) is 5.31.